The molecule has 0 saturated heterocycles. The van der Waals surface area contributed by atoms with Crippen molar-refractivity contribution in [1.29, 1.82) is 0 Å². The molecule has 0 aliphatic carbocycles. The molecule has 0 aromatic carbocycles. The Morgan fingerprint density at radius 3 is 2.59 bits per heavy atom. The van der Waals surface area contributed by atoms with E-state index < -0.39 is 16.1 Å². The Bertz CT molecular complexity index is 523. The van der Waals surface area contributed by atoms with Crippen molar-refractivity contribution in [2.24, 2.45) is 0 Å². The van der Waals surface area contributed by atoms with Crippen LogP contribution in [0.3, 0.4) is 0 Å². The zero-order chi connectivity index (χ0) is 13.1. The number of methoxy groups -OCH3 is 1. The van der Waals surface area contributed by atoms with Crippen molar-refractivity contribution in [2.75, 3.05) is 13.4 Å². The van der Waals surface area contributed by atoms with Crippen LogP contribution in [0.5, 0.6) is 0 Å². The van der Waals surface area contributed by atoms with Crippen LogP contribution < -0.4 is 0 Å². The molecule has 1 aromatic heterocycles. The van der Waals surface area contributed by atoms with Gasteiger partial charge in [0.25, 0.3) is 10.1 Å². The third kappa shape index (κ3) is 4.49. The molecule has 0 unspecified atom stereocenters. The minimum Gasteiger partial charge on any atom is -0.464 e. The second kappa shape index (κ2) is 5.24. The highest BCUT2D eigenvalue weighted by molar-refractivity contribution is 7.85. The molecule has 1 heterocycles. The van der Waals surface area contributed by atoms with E-state index in [0.29, 0.717) is 11.3 Å². The predicted octanol–water partition coefficient (Wildman–Crippen LogP) is 0.653. The number of nitrogens with zero attached hydrogens (tertiary/aromatic N) is 1. The second-order valence-electron chi connectivity index (χ2n) is 3.46. The fraction of sp³-hybridized carbons (Fsp3) is 0.400. The van der Waals surface area contributed by atoms with Crippen LogP contribution >= 0.6 is 0 Å². The summed E-state index contributed by atoms with van der Waals surface area (Å²) >= 11 is 0. The van der Waals surface area contributed by atoms with Gasteiger partial charge in [-0.1, -0.05) is 0 Å². The van der Waals surface area contributed by atoms with Gasteiger partial charge in [0, 0.05) is 5.69 Å². The van der Waals surface area contributed by atoms with Gasteiger partial charge in [0.1, 0.15) is 5.69 Å². The molecule has 0 saturated carbocycles. The molecule has 0 N–H and O–H groups in total. The summed E-state index contributed by atoms with van der Waals surface area (Å²) in [6, 6.07) is 3.07. The predicted molar refractivity (Wildman–Crippen MR) is 59.9 cm³/mol. The zero-order valence-electron chi connectivity index (χ0n) is 9.76. The van der Waals surface area contributed by atoms with E-state index in [1.165, 1.54) is 13.2 Å². The molecule has 1 rings (SSSR count). The zero-order valence-corrected chi connectivity index (χ0v) is 10.6. The number of carbonyl (C=O) groups excluding carboxylic acids is 1. The van der Waals surface area contributed by atoms with Crippen LogP contribution in [0.2, 0.25) is 0 Å². The number of pyridine rings is 1. The maximum absolute atomic E-state index is 11.3. The molecule has 0 fully saturated rings. The average Bonchev–Trinajstić information content (AvgIpc) is 2.23. The lowest BCUT2D eigenvalue weighted by atomic mass is 10.2. The fourth-order valence-electron chi connectivity index (χ4n) is 1.21. The minimum absolute atomic E-state index is 0.125. The van der Waals surface area contributed by atoms with E-state index in [0.717, 1.165) is 6.26 Å². The molecule has 0 aliphatic rings. The lowest BCUT2D eigenvalue weighted by Crippen LogP contribution is -2.08. The van der Waals surface area contributed by atoms with Crippen molar-refractivity contribution >= 4 is 16.1 Å². The molecule has 94 valence electrons. The van der Waals surface area contributed by atoms with E-state index in [1.807, 2.05) is 0 Å². The van der Waals surface area contributed by atoms with Gasteiger partial charge in [-0.05, 0) is 24.6 Å². The quantitative estimate of drug-likeness (QED) is 0.583. The number of rotatable bonds is 4. The molecular formula is C10H13NO5S. The van der Waals surface area contributed by atoms with Gasteiger partial charge >= 0.3 is 5.97 Å². The van der Waals surface area contributed by atoms with Crippen molar-refractivity contribution in [3.8, 4) is 0 Å². The van der Waals surface area contributed by atoms with Gasteiger partial charge in [-0.3, -0.25) is 4.18 Å². The van der Waals surface area contributed by atoms with Crippen LogP contribution in [-0.4, -0.2) is 32.7 Å². The van der Waals surface area contributed by atoms with E-state index >= 15 is 0 Å². The first-order chi connectivity index (χ1) is 7.81. The smallest absolute Gasteiger partial charge is 0.356 e. The highest BCUT2D eigenvalue weighted by Crippen LogP contribution is 2.09. The van der Waals surface area contributed by atoms with Crippen molar-refractivity contribution in [2.45, 2.75) is 13.5 Å². The number of aryl methyl sites for hydroxylation is 1. The number of hydrogen-bond donors (Lipinski definition) is 0. The molecule has 17 heavy (non-hydrogen) atoms. The van der Waals surface area contributed by atoms with Crippen molar-refractivity contribution < 1.29 is 22.1 Å². The van der Waals surface area contributed by atoms with Crippen molar-refractivity contribution in [3.05, 3.63) is 29.1 Å². The highest BCUT2D eigenvalue weighted by atomic mass is 32.2. The lowest BCUT2D eigenvalue weighted by molar-refractivity contribution is 0.0593. The topological polar surface area (TPSA) is 82.6 Å². The largest absolute Gasteiger partial charge is 0.464 e. The number of aromatic nitrogens is 1. The van der Waals surface area contributed by atoms with E-state index in [4.69, 9.17) is 0 Å². The maximum Gasteiger partial charge on any atom is 0.356 e. The van der Waals surface area contributed by atoms with Crippen LogP contribution in [0.15, 0.2) is 12.1 Å². The summed E-state index contributed by atoms with van der Waals surface area (Å²) in [7, 11) is -2.26. The number of esters is 1. The van der Waals surface area contributed by atoms with Crippen LogP contribution in [0.1, 0.15) is 21.7 Å². The molecule has 0 amide bonds. The standard InChI is InChI=1S/C10H13NO5S/c1-7-4-8(6-16-17(3,13)14)5-9(11-7)10(12)15-2/h4-5H,6H2,1-3H3. The Kier molecular flexibility index (Phi) is 4.19. The Morgan fingerprint density at radius 2 is 2.06 bits per heavy atom. The maximum atomic E-state index is 11.3. The van der Waals surface area contributed by atoms with Gasteiger partial charge in [0.15, 0.2) is 0 Å². The lowest BCUT2D eigenvalue weighted by Gasteiger charge is -2.05. The summed E-state index contributed by atoms with van der Waals surface area (Å²) in [6.07, 6.45) is 0.961. The van der Waals surface area contributed by atoms with E-state index in [9.17, 15) is 13.2 Å². The average molecular weight is 259 g/mol. The van der Waals surface area contributed by atoms with Crippen LogP contribution in [0.4, 0.5) is 0 Å². The van der Waals surface area contributed by atoms with Crippen molar-refractivity contribution in [3.63, 3.8) is 0 Å². The molecule has 0 atom stereocenters. The molecule has 6 nitrogen and oxygen atoms in total. The Hall–Kier alpha value is -1.47. The van der Waals surface area contributed by atoms with Crippen LogP contribution in [0, 0.1) is 6.92 Å². The van der Waals surface area contributed by atoms with Crippen LogP contribution in [0.25, 0.3) is 0 Å². The molecule has 0 aliphatic heterocycles. The molecule has 0 spiro atoms. The van der Waals surface area contributed by atoms with Gasteiger partial charge < -0.3 is 4.74 Å². The number of ether oxygens (including phenoxy) is 1. The second-order valence-corrected chi connectivity index (χ2v) is 5.10. The van der Waals surface area contributed by atoms with Gasteiger partial charge in [-0.15, -0.1) is 0 Å². The van der Waals surface area contributed by atoms with Crippen molar-refractivity contribution in [1.82, 2.24) is 4.98 Å². The molecule has 0 bridgehead atoms. The fourth-order valence-corrected chi connectivity index (χ4v) is 1.56. The third-order valence-corrected chi connectivity index (χ3v) is 2.39. The Morgan fingerprint density at radius 1 is 1.41 bits per heavy atom. The first kappa shape index (κ1) is 13.6. The third-order valence-electron chi connectivity index (χ3n) is 1.85. The molecule has 0 radical (unpaired) electrons. The molecule has 7 heteroatoms. The molecule has 1 aromatic rings. The summed E-state index contributed by atoms with van der Waals surface area (Å²) in [6.45, 7) is 1.56. The minimum atomic E-state index is -3.51. The number of carbonyl (C=O) groups is 1. The summed E-state index contributed by atoms with van der Waals surface area (Å²) in [5, 5.41) is 0. The number of hydrogen-bond acceptors (Lipinski definition) is 6. The van der Waals surface area contributed by atoms with Gasteiger partial charge in [-0.2, -0.15) is 8.42 Å². The first-order valence-corrected chi connectivity index (χ1v) is 6.54. The van der Waals surface area contributed by atoms with Crippen LogP contribution in [-0.2, 0) is 25.6 Å². The Balaban J connectivity index is 2.94. The summed E-state index contributed by atoms with van der Waals surface area (Å²) < 4.78 is 30.8. The highest BCUT2D eigenvalue weighted by Gasteiger charge is 2.10. The normalized spacial score (nSPS) is 11.2. The SMILES string of the molecule is COC(=O)c1cc(COS(C)(=O)=O)cc(C)n1. The first-order valence-electron chi connectivity index (χ1n) is 4.72. The molecular weight excluding hydrogens is 246 g/mol. The van der Waals surface area contributed by atoms with E-state index in [-0.39, 0.29) is 12.3 Å². The summed E-state index contributed by atoms with van der Waals surface area (Å²) in [5.41, 5.74) is 1.25. The summed E-state index contributed by atoms with van der Waals surface area (Å²) in [5.74, 6) is -0.575. The Labute approximate surface area is 99.7 Å². The van der Waals surface area contributed by atoms with Gasteiger partial charge in [0.2, 0.25) is 0 Å². The van der Waals surface area contributed by atoms with Gasteiger partial charge in [-0.25, -0.2) is 9.78 Å². The van der Waals surface area contributed by atoms with E-state index in [1.54, 1.807) is 13.0 Å². The monoisotopic (exact) mass is 259 g/mol. The summed E-state index contributed by atoms with van der Waals surface area (Å²) in [4.78, 5) is 15.2. The van der Waals surface area contributed by atoms with E-state index in [2.05, 4.69) is 13.9 Å². The van der Waals surface area contributed by atoms with Gasteiger partial charge in [0.05, 0.1) is 20.0 Å².